The summed E-state index contributed by atoms with van der Waals surface area (Å²) < 4.78 is 24.7. The Balaban J connectivity index is 0.00000392. The maximum absolute atomic E-state index is 13.7. The van der Waals surface area contributed by atoms with Crippen LogP contribution in [0.2, 0.25) is 0 Å². The van der Waals surface area contributed by atoms with E-state index >= 15 is 0 Å². The Morgan fingerprint density at radius 3 is 2.25 bits per heavy atom. The van der Waals surface area contributed by atoms with E-state index in [9.17, 15) is 4.39 Å². The second-order valence-electron chi connectivity index (χ2n) is 6.34. The van der Waals surface area contributed by atoms with Crippen LogP contribution in [-0.4, -0.2) is 39.3 Å². The SMILES string of the molecule is CN=C(NCC(C)Oc1ccccc1F)NCC(C)c1ccccc1OC.I. The van der Waals surface area contributed by atoms with Crippen LogP contribution in [0.25, 0.3) is 0 Å². The fourth-order valence-electron chi connectivity index (χ4n) is 2.69. The van der Waals surface area contributed by atoms with Crippen molar-refractivity contribution in [1.82, 2.24) is 10.6 Å². The van der Waals surface area contributed by atoms with E-state index in [4.69, 9.17) is 9.47 Å². The second kappa shape index (κ2) is 12.4. The first-order valence-electron chi connectivity index (χ1n) is 9.03. The number of hydrogen-bond donors (Lipinski definition) is 2. The predicted molar refractivity (Wildman–Crippen MR) is 123 cm³/mol. The van der Waals surface area contributed by atoms with Gasteiger partial charge in [0.25, 0.3) is 0 Å². The molecule has 28 heavy (non-hydrogen) atoms. The zero-order valence-corrected chi connectivity index (χ0v) is 19.1. The first-order valence-corrected chi connectivity index (χ1v) is 9.03. The molecule has 2 atom stereocenters. The minimum Gasteiger partial charge on any atom is -0.496 e. The molecule has 0 spiro atoms. The van der Waals surface area contributed by atoms with E-state index in [2.05, 4.69) is 28.6 Å². The molecule has 0 aliphatic carbocycles. The smallest absolute Gasteiger partial charge is 0.191 e. The van der Waals surface area contributed by atoms with Crippen molar-refractivity contribution in [3.05, 3.63) is 59.9 Å². The van der Waals surface area contributed by atoms with Crippen molar-refractivity contribution in [2.24, 2.45) is 4.99 Å². The van der Waals surface area contributed by atoms with Gasteiger partial charge < -0.3 is 20.1 Å². The number of nitrogens with one attached hydrogen (secondary N) is 2. The molecule has 154 valence electrons. The minimum atomic E-state index is -0.363. The lowest BCUT2D eigenvalue weighted by atomic mass is 10.0. The van der Waals surface area contributed by atoms with Gasteiger partial charge in [-0.25, -0.2) is 4.39 Å². The standard InChI is InChI=1S/C21H28FN3O2.HI/c1-15(17-9-5-7-11-19(17)26-4)13-24-21(23-3)25-14-16(2)27-20-12-8-6-10-18(20)22;/h5-12,15-16H,13-14H2,1-4H3,(H2,23,24,25);1H. The van der Waals surface area contributed by atoms with Gasteiger partial charge in [-0.2, -0.15) is 0 Å². The van der Waals surface area contributed by atoms with Crippen LogP contribution in [-0.2, 0) is 0 Å². The number of guanidine groups is 1. The summed E-state index contributed by atoms with van der Waals surface area (Å²) in [6.07, 6.45) is -0.216. The molecule has 2 aromatic rings. The molecule has 0 aliphatic rings. The highest BCUT2D eigenvalue weighted by molar-refractivity contribution is 14.0. The van der Waals surface area contributed by atoms with Crippen LogP contribution in [0.4, 0.5) is 4.39 Å². The van der Waals surface area contributed by atoms with Gasteiger partial charge in [-0.05, 0) is 30.7 Å². The Hall–Kier alpha value is -2.03. The van der Waals surface area contributed by atoms with Crippen molar-refractivity contribution in [1.29, 1.82) is 0 Å². The average molecular weight is 501 g/mol. The highest BCUT2D eigenvalue weighted by Crippen LogP contribution is 2.25. The number of ether oxygens (including phenoxy) is 2. The van der Waals surface area contributed by atoms with E-state index in [0.29, 0.717) is 19.0 Å². The number of halogens is 2. The lowest BCUT2D eigenvalue weighted by molar-refractivity contribution is 0.214. The monoisotopic (exact) mass is 501 g/mol. The van der Waals surface area contributed by atoms with Crippen LogP contribution in [0.3, 0.4) is 0 Å². The molecule has 0 heterocycles. The van der Waals surface area contributed by atoms with Gasteiger partial charge in [0, 0.05) is 19.5 Å². The number of nitrogens with zero attached hydrogens (tertiary/aromatic N) is 1. The topological polar surface area (TPSA) is 54.9 Å². The van der Waals surface area contributed by atoms with E-state index in [1.165, 1.54) is 6.07 Å². The number of hydrogen-bond acceptors (Lipinski definition) is 3. The number of aliphatic imine (C=N–C) groups is 1. The van der Waals surface area contributed by atoms with Gasteiger partial charge in [0.05, 0.1) is 13.7 Å². The summed E-state index contributed by atoms with van der Waals surface area (Å²) in [6, 6.07) is 14.4. The van der Waals surface area contributed by atoms with E-state index in [1.54, 1.807) is 32.4 Å². The lowest BCUT2D eigenvalue weighted by Gasteiger charge is -2.20. The van der Waals surface area contributed by atoms with Gasteiger partial charge in [0.1, 0.15) is 11.9 Å². The third-order valence-electron chi connectivity index (χ3n) is 4.19. The third kappa shape index (κ3) is 7.18. The summed E-state index contributed by atoms with van der Waals surface area (Å²) in [5, 5.41) is 6.51. The molecule has 0 saturated heterocycles. The summed E-state index contributed by atoms with van der Waals surface area (Å²) in [7, 11) is 3.39. The molecule has 2 rings (SSSR count). The molecule has 0 aliphatic heterocycles. The van der Waals surface area contributed by atoms with Crippen molar-refractivity contribution >= 4 is 29.9 Å². The summed E-state index contributed by atoms with van der Waals surface area (Å²) in [6.45, 7) is 5.20. The predicted octanol–water partition coefficient (Wildman–Crippen LogP) is 4.19. The molecule has 5 nitrogen and oxygen atoms in total. The molecule has 2 N–H and O–H groups in total. The summed E-state index contributed by atoms with van der Waals surface area (Å²) in [4.78, 5) is 4.23. The molecule has 0 aromatic heterocycles. The molecular formula is C21H29FIN3O2. The van der Waals surface area contributed by atoms with Crippen LogP contribution in [0.5, 0.6) is 11.5 Å². The van der Waals surface area contributed by atoms with Crippen molar-refractivity contribution in [3.8, 4) is 11.5 Å². The van der Waals surface area contributed by atoms with E-state index in [1.807, 2.05) is 25.1 Å². The lowest BCUT2D eigenvalue weighted by Crippen LogP contribution is -2.43. The molecule has 0 saturated carbocycles. The molecule has 0 bridgehead atoms. The quantitative estimate of drug-likeness (QED) is 0.324. The van der Waals surface area contributed by atoms with Crippen molar-refractivity contribution in [2.75, 3.05) is 27.2 Å². The summed E-state index contributed by atoms with van der Waals surface area (Å²) >= 11 is 0. The van der Waals surface area contributed by atoms with Crippen molar-refractivity contribution < 1.29 is 13.9 Å². The third-order valence-corrected chi connectivity index (χ3v) is 4.19. The van der Waals surface area contributed by atoms with Crippen LogP contribution in [0.15, 0.2) is 53.5 Å². The number of rotatable bonds is 8. The molecule has 0 fully saturated rings. The van der Waals surface area contributed by atoms with Gasteiger partial charge >= 0.3 is 0 Å². The highest BCUT2D eigenvalue weighted by Gasteiger charge is 2.12. The van der Waals surface area contributed by atoms with E-state index in [-0.39, 0.29) is 47.6 Å². The number of benzene rings is 2. The Kier molecular flexibility index (Phi) is 10.7. The van der Waals surface area contributed by atoms with Crippen LogP contribution in [0.1, 0.15) is 25.3 Å². The zero-order chi connectivity index (χ0) is 19.6. The first-order chi connectivity index (χ1) is 13.0. The fourth-order valence-corrected chi connectivity index (χ4v) is 2.69. The first kappa shape index (κ1) is 24.0. The van der Waals surface area contributed by atoms with Gasteiger partial charge in [0.15, 0.2) is 17.5 Å². The molecule has 2 aromatic carbocycles. The van der Waals surface area contributed by atoms with Crippen LogP contribution in [0, 0.1) is 5.82 Å². The van der Waals surface area contributed by atoms with Crippen LogP contribution < -0.4 is 20.1 Å². The van der Waals surface area contributed by atoms with Crippen molar-refractivity contribution in [2.45, 2.75) is 25.9 Å². The normalized spacial score (nSPS) is 13.1. The average Bonchev–Trinajstić information content (AvgIpc) is 2.69. The number of para-hydroxylation sites is 2. The Morgan fingerprint density at radius 1 is 1.00 bits per heavy atom. The van der Waals surface area contributed by atoms with Gasteiger partial charge in [-0.15, -0.1) is 24.0 Å². The Labute approximate surface area is 183 Å². The molecule has 2 unspecified atom stereocenters. The second-order valence-corrected chi connectivity index (χ2v) is 6.34. The number of methoxy groups -OCH3 is 1. The van der Waals surface area contributed by atoms with Gasteiger partial charge in [0.2, 0.25) is 0 Å². The van der Waals surface area contributed by atoms with E-state index < -0.39 is 0 Å². The Morgan fingerprint density at radius 2 is 1.61 bits per heavy atom. The largest absolute Gasteiger partial charge is 0.496 e. The summed E-state index contributed by atoms with van der Waals surface area (Å²) in [5.74, 6) is 1.67. The van der Waals surface area contributed by atoms with Gasteiger partial charge in [-0.1, -0.05) is 37.3 Å². The Bertz CT molecular complexity index is 758. The summed E-state index contributed by atoms with van der Waals surface area (Å²) in [5.41, 5.74) is 1.14. The molecule has 0 radical (unpaired) electrons. The van der Waals surface area contributed by atoms with Gasteiger partial charge in [-0.3, -0.25) is 4.99 Å². The molecular weight excluding hydrogens is 472 g/mol. The highest BCUT2D eigenvalue weighted by atomic mass is 127. The zero-order valence-electron chi connectivity index (χ0n) is 16.7. The van der Waals surface area contributed by atoms with Crippen LogP contribution >= 0.6 is 24.0 Å². The molecule has 7 heteroatoms. The molecule has 0 amide bonds. The van der Waals surface area contributed by atoms with E-state index in [0.717, 1.165) is 11.3 Å². The maximum Gasteiger partial charge on any atom is 0.191 e. The maximum atomic E-state index is 13.7. The minimum absolute atomic E-state index is 0. The fraction of sp³-hybridized carbons (Fsp3) is 0.381. The van der Waals surface area contributed by atoms with Crippen molar-refractivity contribution in [3.63, 3.8) is 0 Å².